The van der Waals surface area contributed by atoms with Crippen molar-refractivity contribution in [3.8, 4) is 0 Å². The third kappa shape index (κ3) is 2.03. The van der Waals surface area contributed by atoms with E-state index in [-0.39, 0.29) is 0 Å². The zero-order valence-corrected chi connectivity index (χ0v) is 10.8. The van der Waals surface area contributed by atoms with E-state index in [0.717, 1.165) is 15.3 Å². The SMILES string of the molecule is Clc1cccc2sc(NSI)nc12. The number of nitrogens with zero attached hydrogens (tertiary/aromatic N) is 1. The van der Waals surface area contributed by atoms with E-state index >= 15 is 0 Å². The van der Waals surface area contributed by atoms with Gasteiger partial charge in [0, 0.05) is 30.3 Å². The van der Waals surface area contributed by atoms with Gasteiger partial charge in [-0.1, -0.05) is 29.0 Å². The summed E-state index contributed by atoms with van der Waals surface area (Å²) in [6.45, 7) is 0. The predicted octanol–water partition coefficient (Wildman–Crippen LogP) is 4.36. The molecule has 0 saturated heterocycles. The minimum atomic E-state index is 0.709. The molecule has 1 aromatic heterocycles. The Morgan fingerprint density at radius 1 is 1.54 bits per heavy atom. The van der Waals surface area contributed by atoms with Gasteiger partial charge in [-0.25, -0.2) is 4.98 Å². The molecule has 0 aliphatic heterocycles. The summed E-state index contributed by atoms with van der Waals surface area (Å²) in [5.74, 6) is 0. The van der Waals surface area contributed by atoms with Crippen molar-refractivity contribution >= 4 is 68.6 Å². The molecule has 2 aromatic rings. The first-order valence-electron chi connectivity index (χ1n) is 3.40. The first-order chi connectivity index (χ1) is 6.31. The second-order valence-corrected chi connectivity index (χ2v) is 5.40. The molecule has 6 heteroatoms. The van der Waals surface area contributed by atoms with Crippen LogP contribution >= 0.6 is 53.3 Å². The maximum atomic E-state index is 5.98. The van der Waals surface area contributed by atoms with Crippen LogP contribution in [0.4, 0.5) is 5.13 Å². The number of para-hydroxylation sites is 1. The average Bonchev–Trinajstić information content (AvgIpc) is 2.49. The quantitative estimate of drug-likeness (QED) is 0.648. The topological polar surface area (TPSA) is 24.9 Å². The van der Waals surface area contributed by atoms with Gasteiger partial charge in [0.2, 0.25) is 0 Å². The molecule has 2 nitrogen and oxygen atoms in total. The Hall–Kier alpha value is 0.280. The standard InChI is InChI=1S/C7H4ClIN2S2/c8-4-2-1-3-5-6(4)10-7(12-5)11-13-9/h1-3H,(H,10,11). The van der Waals surface area contributed by atoms with Gasteiger partial charge in [-0.05, 0) is 12.1 Å². The van der Waals surface area contributed by atoms with Gasteiger partial charge in [0.25, 0.3) is 0 Å². The van der Waals surface area contributed by atoms with Gasteiger partial charge in [0.1, 0.15) is 5.52 Å². The molecule has 0 amide bonds. The monoisotopic (exact) mass is 342 g/mol. The molecule has 13 heavy (non-hydrogen) atoms. The summed E-state index contributed by atoms with van der Waals surface area (Å²) in [5, 5.41) is 1.60. The number of thiazole rings is 1. The molecule has 0 unspecified atom stereocenters. The zero-order chi connectivity index (χ0) is 9.26. The number of fused-ring (bicyclic) bond motifs is 1. The molecule has 68 valence electrons. The van der Waals surface area contributed by atoms with Gasteiger partial charge in [-0.15, -0.1) is 0 Å². The Labute approximate surface area is 101 Å². The van der Waals surface area contributed by atoms with E-state index < -0.39 is 0 Å². The van der Waals surface area contributed by atoms with Crippen LogP contribution in [-0.2, 0) is 0 Å². The van der Waals surface area contributed by atoms with E-state index in [1.807, 2.05) is 18.2 Å². The predicted molar refractivity (Wildman–Crippen MR) is 69.9 cm³/mol. The maximum absolute atomic E-state index is 5.98. The molecule has 0 atom stereocenters. The molecule has 0 aliphatic rings. The van der Waals surface area contributed by atoms with E-state index in [1.165, 1.54) is 9.12 Å². The van der Waals surface area contributed by atoms with Crippen molar-refractivity contribution in [3.63, 3.8) is 0 Å². The molecule has 0 bridgehead atoms. The summed E-state index contributed by atoms with van der Waals surface area (Å²) in [5.41, 5.74) is 0.877. The fraction of sp³-hybridized carbons (Fsp3) is 0. The average molecular weight is 343 g/mol. The Kier molecular flexibility index (Phi) is 3.18. The van der Waals surface area contributed by atoms with Crippen LogP contribution in [0.25, 0.3) is 10.2 Å². The van der Waals surface area contributed by atoms with Crippen molar-refractivity contribution in [3.05, 3.63) is 23.2 Å². The Balaban J connectivity index is 2.55. The van der Waals surface area contributed by atoms with Crippen LogP contribution in [0.2, 0.25) is 5.02 Å². The molecule has 1 aromatic carbocycles. The van der Waals surface area contributed by atoms with Crippen molar-refractivity contribution < 1.29 is 0 Å². The van der Waals surface area contributed by atoms with Gasteiger partial charge in [0.05, 0.1) is 9.72 Å². The Morgan fingerprint density at radius 2 is 2.38 bits per heavy atom. The van der Waals surface area contributed by atoms with Crippen LogP contribution < -0.4 is 4.72 Å². The van der Waals surface area contributed by atoms with Crippen molar-refractivity contribution in [2.45, 2.75) is 0 Å². The van der Waals surface area contributed by atoms with Crippen LogP contribution in [0.5, 0.6) is 0 Å². The smallest absolute Gasteiger partial charge is 0.194 e. The van der Waals surface area contributed by atoms with Gasteiger partial charge < -0.3 is 0 Å². The maximum Gasteiger partial charge on any atom is 0.194 e. The lowest BCUT2D eigenvalue weighted by Gasteiger charge is -1.89. The van der Waals surface area contributed by atoms with Gasteiger partial charge in [-0.2, -0.15) is 0 Å². The highest BCUT2D eigenvalue weighted by Crippen LogP contribution is 2.32. The molecular weight excluding hydrogens is 339 g/mol. The van der Waals surface area contributed by atoms with Crippen LogP contribution in [0.1, 0.15) is 0 Å². The van der Waals surface area contributed by atoms with Crippen molar-refractivity contribution in [1.29, 1.82) is 0 Å². The number of anilines is 1. The van der Waals surface area contributed by atoms with Crippen LogP contribution in [0.15, 0.2) is 18.2 Å². The molecule has 1 N–H and O–H groups in total. The van der Waals surface area contributed by atoms with Gasteiger partial charge in [-0.3, -0.25) is 4.72 Å². The fourth-order valence-corrected chi connectivity index (χ4v) is 3.49. The summed E-state index contributed by atoms with van der Waals surface area (Å²) in [4.78, 5) is 4.35. The summed E-state index contributed by atoms with van der Waals surface area (Å²) in [7, 11) is 1.50. The summed E-state index contributed by atoms with van der Waals surface area (Å²) >= 11 is 9.75. The highest BCUT2D eigenvalue weighted by Gasteiger charge is 2.05. The van der Waals surface area contributed by atoms with Crippen LogP contribution in [-0.4, -0.2) is 4.98 Å². The van der Waals surface area contributed by atoms with Gasteiger partial charge in [0.15, 0.2) is 5.13 Å². The third-order valence-corrected chi connectivity index (χ3v) is 3.80. The lowest BCUT2D eigenvalue weighted by atomic mass is 10.3. The minimum Gasteiger partial charge on any atom is -0.297 e. The molecular formula is C7H4ClIN2S2. The normalized spacial score (nSPS) is 10.6. The largest absolute Gasteiger partial charge is 0.297 e. The van der Waals surface area contributed by atoms with Crippen molar-refractivity contribution in [2.24, 2.45) is 0 Å². The molecule has 0 saturated carbocycles. The first kappa shape index (κ1) is 9.82. The Bertz CT molecular complexity index is 431. The number of rotatable bonds is 2. The number of halogens is 2. The van der Waals surface area contributed by atoms with E-state index in [0.29, 0.717) is 5.02 Å². The number of aromatic nitrogens is 1. The number of hydrogen-bond acceptors (Lipinski definition) is 4. The second kappa shape index (κ2) is 4.20. The molecule has 0 spiro atoms. The van der Waals surface area contributed by atoms with E-state index in [2.05, 4.69) is 30.9 Å². The summed E-state index contributed by atoms with van der Waals surface area (Å²) in [6, 6.07) is 5.80. The second-order valence-electron chi connectivity index (χ2n) is 2.28. The molecule has 0 fully saturated rings. The molecule has 1 heterocycles. The number of benzene rings is 1. The van der Waals surface area contributed by atoms with E-state index in [9.17, 15) is 0 Å². The molecule has 2 rings (SSSR count). The molecule has 0 aliphatic carbocycles. The lowest BCUT2D eigenvalue weighted by molar-refractivity contribution is 1.50. The van der Waals surface area contributed by atoms with Crippen molar-refractivity contribution in [1.82, 2.24) is 4.98 Å². The van der Waals surface area contributed by atoms with Crippen LogP contribution in [0, 0.1) is 0 Å². The van der Waals surface area contributed by atoms with Gasteiger partial charge >= 0.3 is 0 Å². The highest BCUT2D eigenvalue weighted by molar-refractivity contribution is 14.2. The van der Waals surface area contributed by atoms with E-state index in [1.54, 1.807) is 11.3 Å². The highest BCUT2D eigenvalue weighted by atomic mass is 127. The summed E-state index contributed by atoms with van der Waals surface area (Å²) < 4.78 is 4.19. The zero-order valence-electron chi connectivity index (χ0n) is 6.25. The first-order valence-corrected chi connectivity index (χ1v) is 7.95. The third-order valence-electron chi connectivity index (χ3n) is 1.50. The number of hydrogen-bond donors (Lipinski definition) is 1. The summed E-state index contributed by atoms with van der Waals surface area (Å²) in [6.07, 6.45) is 0. The number of nitrogens with one attached hydrogen (secondary N) is 1. The van der Waals surface area contributed by atoms with E-state index in [4.69, 9.17) is 11.6 Å². The fourth-order valence-electron chi connectivity index (χ4n) is 0.992. The van der Waals surface area contributed by atoms with Crippen LogP contribution in [0.3, 0.4) is 0 Å². The van der Waals surface area contributed by atoms with Crippen molar-refractivity contribution in [2.75, 3.05) is 4.72 Å². The lowest BCUT2D eigenvalue weighted by Crippen LogP contribution is -1.78. The Morgan fingerprint density at radius 3 is 3.08 bits per heavy atom. The molecule has 0 radical (unpaired) electrons. The minimum absolute atomic E-state index is 0.709.